The molecule has 1 unspecified atom stereocenters. The van der Waals surface area contributed by atoms with E-state index in [-0.39, 0.29) is 0 Å². The van der Waals surface area contributed by atoms with Crippen LogP contribution in [0.15, 0.2) is 18.3 Å². The van der Waals surface area contributed by atoms with Crippen molar-refractivity contribution in [2.75, 3.05) is 33.4 Å². The van der Waals surface area contributed by atoms with Crippen LogP contribution < -0.4 is 4.74 Å². The second-order valence-corrected chi connectivity index (χ2v) is 5.05. The predicted molar refractivity (Wildman–Crippen MR) is 73.6 cm³/mol. The van der Waals surface area contributed by atoms with Crippen LogP contribution in [-0.4, -0.2) is 54.3 Å². The molecule has 1 N–H and O–H groups in total. The van der Waals surface area contributed by atoms with Gasteiger partial charge in [-0.25, -0.2) is 0 Å². The molecule has 2 aromatic rings. The number of rotatable bonds is 3. The average molecular weight is 261 g/mol. The standard InChI is InChI=1S/C14H19N3O2/c1-10-7-11-3-4-15-13(11)16-14(10)19-9-12-8-18-6-5-17(12)2/h3-4,7,12H,5-6,8-9H2,1-2H3,(H,15,16). The van der Waals surface area contributed by atoms with E-state index < -0.39 is 0 Å². The topological polar surface area (TPSA) is 50.4 Å². The number of hydrogen-bond acceptors (Lipinski definition) is 4. The van der Waals surface area contributed by atoms with Crippen LogP contribution in [0.1, 0.15) is 5.56 Å². The van der Waals surface area contributed by atoms with Crippen molar-refractivity contribution in [3.8, 4) is 5.88 Å². The monoisotopic (exact) mass is 261 g/mol. The molecule has 1 fully saturated rings. The van der Waals surface area contributed by atoms with Crippen LogP contribution in [0.4, 0.5) is 0 Å². The summed E-state index contributed by atoms with van der Waals surface area (Å²) in [5.41, 5.74) is 1.93. The van der Waals surface area contributed by atoms with E-state index in [0.717, 1.165) is 36.4 Å². The van der Waals surface area contributed by atoms with Gasteiger partial charge in [-0.1, -0.05) is 0 Å². The fourth-order valence-corrected chi connectivity index (χ4v) is 2.30. The molecule has 0 amide bonds. The number of fused-ring (bicyclic) bond motifs is 1. The number of aryl methyl sites for hydroxylation is 1. The van der Waals surface area contributed by atoms with Gasteiger partial charge in [-0.15, -0.1) is 0 Å². The Labute approximate surface area is 112 Å². The van der Waals surface area contributed by atoms with Crippen LogP contribution in [0.3, 0.4) is 0 Å². The molecular formula is C14H19N3O2. The molecular weight excluding hydrogens is 242 g/mol. The van der Waals surface area contributed by atoms with E-state index >= 15 is 0 Å². The predicted octanol–water partition coefficient (Wildman–Crippen LogP) is 1.58. The zero-order valence-corrected chi connectivity index (χ0v) is 11.3. The average Bonchev–Trinajstić information content (AvgIpc) is 2.84. The SMILES string of the molecule is Cc1cc2cc[nH]c2nc1OCC1COCCN1C. The van der Waals surface area contributed by atoms with E-state index in [1.165, 1.54) is 0 Å². The summed E-state index contributed by atoms with van der Waals surface area (Å²) < 4.78 is 11.4. The second kappa shape index (κ2) is 5.19. The lowest BCUT2D eigenvalue weighted by atomic mass is 10.2. The summed E-state index contributed by atoms with van der Waals surface area (Å²) in [6.45, 7) is 5.11. The van der Waals surface area contributed by atoms with E-state index in [4.69, 9.17) is 9.47 Å². The fourth-order valence-electron chi connectivity index (χ4n) is 2.30. The van der Waals surface area contributed by atoms with E-state index in [2.05, 4.69) is 28.0 Å². The highest BCUT2D eigenvalue weighted by molar-refractivity contribution is 5.76. The number of pyridine rings is 1. The minimum absolute atomic E-state index is 0.300. The summed E-state index contributed by atoms with van der Waals surface area (Å²) in [7, 11) is 2.10. The number of H-pyrrole nitrogens is 1. The van der Waals surface area contributed by atoms with E-state index in [1.54, 1.807) is 0 Å². The number of likely N-dealkylation sites (N-methyl/N-ethyl adjacent to an activating group) is 1. The Hall–Kier alpha value is -1.59. The van der Waals surface area contributed by atoms with Crippen LogP contribution in [-0.2, 0) is 4.74 Å². The minimum Gasteiger partial charge on any atom is -0.476 e. The zero-order valence-electron chi connectivity index (χ0n) is 11.3. The minimum atomic E-state index is 0.300. The molecule has 1 aliphatic rings. The Bertz CT molecular complexity index is 567. The van der Waals surface area contributed by atoms with Gasteiger partial charge in [0.05, 0.1) is 19.3 Å². The Balaban J connectivity index is 1.72. The number of morpholine rings is 1. The summed E-state index contributed by atoms with van der Waals surface area (Å²) in [5.74, 6) is 0.703. The molecule has 0 saturated carbocycles. The van der Waals surface area contributed by atoms with Gasteiger partial charge in [0.1, 0.15) is 12.3 Å². The molecule has 5 nitrogen and oxygen atoms in total. The first-order valence-corrected chi connectivity index (χ1v) is 6.59. The van der Waals surface area contributed by atoms with Crippen LogP contribution in [0.25, 0.3) is 11.0 Å². The molecule has 3 heterocycles. The molecule has 1 atom stereocenters. The highest BCUT2D eigenvalue weighted by atomic mass is 16.5. The van der Waals surface area contributed by atoms with Crippen LogP contribution in [0, 0.1) is 6.92 Å². The van der Waals surface area contributed by atoms with Crippen molar-refractivity contribution >= 4 is 11.0 Å². The van der Waals surface area contributed by atoms with Gasteiger partial charge in [-0.2, -0.15) is 4.98 Å². The summed E-state index contributed by atoms with van der Waals surface area (Å²) in [4.78, 5) is 9.88. The molecule has 0 bridgehead atoms. The van der Waals surface area contributed by atoms with E-state index in [1.807, 2.05) is 19.2 Å². The van der Waals surface area contributed by atoms with Crippen LogP contribution in [0.2, 0.25) is 0 Å². The normalized spacial score (nSPS) is 20.8. The molecule has 3 rings (SSSR count). The summed E-state index contributed by atoms with van der Waals surface area (Å²) in [5, 5.41) is 1.11. The van der Waals surface area contributed by atoms with Gasteiger partial charge < -0.3 is 14.5 Å². The molecule has 0 aliphatic carbocycles. The fraction of sp³-hybridized carbons (Fsp3) is 0.500. The Kier molecular flexibility index (Phi) is 3.40. The largest absolute Gasteiger partial charge is 0.476 e. The molecule has 0 aromatic carbocycles. The highest BCUT2D eigenvalue weighted by Gasteiger charge is 2.20. The first-order valence-electron chi connectivity index (χ1n) is 6.59. The number of hydrogen-bond donors (Lipinski definition) is 1. The van der Waals surface area contributed by atoms with Crippen molar-refractivity contribution in [1.82, 2.24) is 14.9 Å². The number of nitrogens with zero attached hydrogens (tertiary/aromatic N) is 2. The van der Waals surface area contributed by atoms with E-state index in [0.29, 0.717) is 18.5 Å². The third-order valence-corrected chi connectivity index (χ3v) is 3.61. The van der Waals surface area contributed by atoms with Crippen molar-refractivity contribution in [2.24, 2.45) is 0 Å². The number of ether oxygens (including phenoxy) is 2. The Morgan fingerprint density at radius 3 is 3.32 bits per heavy atom. The zero-order chi connectivity index (χ0) is 13.2. The summed E-state index contributed by atoms with van der Waals surface area (Å²) in [6.07, 6.45) is 1.89. The van der Waals surface area contributed by atoms with Crippen molar-refractivity contribution in [3.05, 3.63) is 23.9 Å². The molecule has 5 heteroatoms. The lowest BCUT2D eigenvalue weighted by Gasteiger charge is -2.32. The third-order valence-electron chi connectivity index (χ3n) is 3.61. The van der Waals surface area contributed by atoms with Gasteiger partial charge >= 0.3 is 0 Å². The summed E-state index contributed by atoms with van der Waals surface area (Å²) in [6, 6.07) is 4.41. The van der Waals surface area contributed by atoms with Crippen molar-refractivity contribution in [2.45, 2.75) is 13.0 Å². The highest BCUT2D eigenvalue weighted by Crippen LogP contribution is 2.21. The van der Waals surface area contributed by atoms with Crippen LogP contribution >= 0.6 is 0 Å². The second-order valence-electron chi connectivity index (χ2n) is 5.05. The van der Waals surface area contributed by atoms with Gasteiger partial charge in [0.2, 0.25) is 5.88 Å². The van der Waals surface area contributed by atoms with Gasteiger partial charge in [-0.05, 0) is 26.1 Å². The van der Waals surface area contributed by atoms with Crippen molar-refractivity contribution in [3.63, 3.8) is 0 Å². The molecule has 0 spiro atoms. The Morgan fingerprint density at radius 2 is 2.47 bits per heavy atom. The smallest absolute Gasteiger partial charge is 0.218 e. The molecule has 0 radical (unpaired) electrons. The molecule has 1 aliphatic heterocycles. The van der Waals surface area contributed by atoms with Crippen molar-refractivity contribution < 1.29 is 9.47 Å². The molecule has 102 valence electrons. The van der Waals surface area contributed by atoms with Gasteiger partial charge in [0.25, 0.3) is 0 Å². The maximum atomic E-state index is 5.87. The number of aromatic amines is 1. The van der Waals surface area contributed by atoms with Gasteiger partial charge in [0.15, 0.2) is 0 Å². The third kappa shape index (κ3) is 2.57. The van der Waals surface area contributed by atoms with Crippen LogP contribution in [0.5, 0.6) is 5.88 Å². The van der Waals surface area contributed by atoms with Gasteiger partial charge in [-0.3, -0.25) is 4.90 Å². The molecule has 19 heavy (non-hydrogen) atoms. The maximum Gasteiger partial charge on any atom is 0.218 e. The first kappa shape index (κ1) is 12.4. The van der Waals surface area contributed by atoms with Crippen molar-refractivity contribution in [1.29, 1.82) is 0 Å². The van der Waals surface area contributed by atoms with Gasteiger partial charge in [0, 0.05) is 23.7 Å². The molecule has 1 saturated heterocycles. The Morgan fingerprint density at radius 1 is 1.58 bits per heavy atom. The lowest BCUT2D eigenvalue weighted by Crippen LogP contribution is -2.46. The lowest BCUT2D eigenvalue weighted by molar-refractivity contribution is -0.0114. The number of aromatic nitrogens is 2. The molecule has 2 aromatic heterocycles. The first-order chi connectivity index (χ1) is 9.24. The summed E-state index contributed by atoms with van der Waals surface area (Å²) >= 11 is 0. The quantitative estimate of drug-likeness (QED) is 0.911. The number of nitrogens with one attached hydrogen (secondary N) is 1. The maximum absolute atomic E-state index is 5.87. The van der Waals surface area contributed by atoms with E-state index in [9.17, 15) is 0 Å².